The maximum Gasteiger partial charge on any atom is 0.239 e. The standard InChI is InChI=1S/C9H7N5/c1-10-6-7-3-2-4-8(5-7)9-11-13-14-12-9/h2-5H,6H2,(H,11,12,13,14). The minimum absolute atomic E-state index is 0.381. The zero-order valence-electron chi connectivity index (χ0n) is 7.31. The molecule has 5 heteroatoms. The molecule has 1 aromatic heterocycles. The molecule has 2 rings (SSSR count). The zero-order chi connectivity index (χ0) is 9.80. The van der Waals surface area contributed by atoms with Gasteiger partial charge in [-0.15, -0.1) is 10.2 Å². The molecule has 14 heavy (non-hydrogen) atoms. The number of nitrogens with zero attached hydrogens (tertiary/aromatic N) is 4. The SMILES string of the molecule is [C-]#[N+]Cc1cccc(-c2nn[nH]n2)c1. The third kappa shape index (κ3) is 1.59. The Labute approximate surface area is 80.6 Å². The van der Waals surface area contributed by atoms with E-state index >= 15 is 0 Å². The fourth-order valence-corrected chi connectivity index (χ4v) is 1.18. The molecule has 0 amide bonds. The van der Waals surface area contributed by atoms with Gasteiger partial charge in [-0.3, -0.25) is 0 Å². The van der Waals surface area contributed by atoms with Crippen molar-refractivity contribution in [3.8, 4) is 11.4 Å². The van der Waals surface area contributed by atoms with Crippen molar-refractivity contribution in [1.82, 2.24) is 20.6 Å². The second-order valence-electron chi connectivity index (χ2n) is 2.75. The van der Waals surface area contributed by atoms with E-state index in [-0.39, 0.29) is 0 Å². The fraction of sp³-hybridized carbons (Fsp3) is 0.111. The number of tetrazole rings is 1. The molecule has 1 heterocycles. The Morgan fingerprint density at radius 3 is 3.07 bits per heavy atom. The predicted molar refractivity (Wildman–Crippen MR) is 49.9 cm³/mol. The molecule has 0 saturated carbocycles. The summed E-state index contributed by atoms with van der Waals surface area (Å²) in [6.45, 7) is 7.14. The molecular formula is C9H7N5. The number of hydrogen-bond acceptors (Lipinski definition) is 3. The van der Waals surface area contributed by atoms with Crippen molar-refractivity contribution < 1.29 is 0 Å². The number of aromatic amines is 1. The molecule has 0 radical (unpaired) electrons. The summed E-state index contributed by atoms with van der Waals surface area (Å²) in [6, 6.07) is 7.56. The summed E-state index contributed by atoms with van der Waals surface area (Å²) in [5.74, 6) is 0.553. The molecule has 2 aromatic rings. The molecule has 0 atom stereocenters. The predicted octanol–water partition coefficient (Wildman–Crippen LogP) is 1.29. The Balaban J connectivity index is 2.37. The van der Waals surface area contributed by atoms with Crippen LogP contribution in [0.2, 0.25) is 0 Å². The van der Waals surface area contributed by atoms with Crippen molar-refractivity contribution in [1.29, 1.82) is 0 Å². The molecule has 0 unspecified atom stereocenters. The molecule has 0 saturated heterocycles. The molecule has 0 aliphatic heterocycles. The maximum absolute atomic E-state index is 6.76. The Hall–Kier alpha value is -2.22. The summed E-state index contributed by atoms with van der Waals surface area (Å²) < 4.78 is 0. The molecule has 0 spiro atoms. The lowest BCUT2D eigenvalue weighted by atomic mass is 10.1. The minimum Gasteiger partial charge on any atom is -0.312 e. The summed E-state index contributed by atoms with van der Waals surface area (Å²) in [5.41, 5.74) is 1.84. The summed E-state index contributed by atoms with van der Waals surface area (Å²) in [7, 11) is 0. The maximum atomic E-state index is 6.76. The highest BCUT2D eigenvalue weighted by Gasteiger charge is 2.03. The Kier molecular flexibility index (Phi) is 2.19. The first-order valence-corrected chi connectivity index (χ1v) is 4.06. The van der Waals surface area contributed by atoms with Gasteiger partial charge in [0, 0.05) is 11.1 Å². The van der Waals surface area contributed by atoms with Crippen LogP contribution in [0.1, 0.15) is 5.56 Å². The number of hydrogen-bond donors (Lipinski definition) is 1. The third-order valence-corrected chi connectivity index (χ3v) is 1.79. The highest BCUT2D eigenvalue weighted by atomic mass is 15.5. The zero-order valence-corrected chi connectivity index (χ0v) is 7.31. The second-order valence-corrected chi connectivity index (χ2v) is 2.75. The second kappa shape index (κ2) is 3.66. The summed E-state index contributed by atoms with van der Waals surface area (Å²) in [5, 5.41) is 13.6. The molecule has 1 N–H and O–H groups in total. The van der Waals surface area contributed by atoms with Crippen LogP contribution in [-0.2, 0) is 6.54 Å². The van der Waals surface area contributed by atoms with Gasteiger partial charge < -0.3 is 4.85 Å². The van der Waals surface area contributed by atoms with Gasteiger partial charge in [-0.25, -0.2) is 6.57 Å². The topological polar surface area (TPSA) is 58.8 Å². The van der Waals surface area contributed by atoms with Crippen LogP contribution in [-0.4, -0.2) is 20.6 Å². The lowest BCUT2D eigenvalue weighted by Crippen LogP contribution is -1.84. The number of aromatic nitrogens is 4. The van der Waals surface area contributed by atoms with Gasteiger partial charge in [0.15, 0.2) is 0 Å². The smallest absolute Gasteiger partial charge is 0.239 e. The molecule has 68 valence electrons. The van der Waals surface area contributed by atoms with E-state index in [1.165, 1.54) is 0 Å². The summed E-state index contributed by atoms with van der Waals surface area (Å²) in [4.78, 5) is 3.31. The number of H-pyrrole nitrogens is 1. The lowest BCUT2D eigenvalue weighted by molar-refractivity contribution is 0.881. The van der Waals surface area contributed by atoms with E-state index in [9.17, 15) is 0 Å². The first-order valence-electron chi connectivity index (χ1n) is 4.06. The largest absolute Gasteiger partial charge is 0.312 e. The van der Waals surface area contributed by atoms with Crippen LogP contribution in [0.15, 0.2) is 24.3 Å². The van der Waals surface area contributed by atoms with Gasteiger partial charge in [0.2, 0.25) is 12.4 Å². The van der Waals surface area contributed by atoms with Crippen LogP contribution < -0.4 is 0 Å². The van der Waals surface area contributed by atoms with Gasteiger partial charge in [-0.1, -0.05) is 18.2 Å². The van der Waals surface area contributed by atoms with Crippen LogP contribution in [0.25, 0.3) is 16.2 Å². The van der Waals surface area contributed by atoms with Crippen LogP contribution in [0.3, 0.4) is 0 Å². The monoisotopic (exact) mass is 185 g/mol. The third-order valence-electron chi connectivity index (χ3n) is 1.79. The van der Waals surface area contributed by atoms with Gasteiger partial charge in [-0.2, -0.15) is 5.21 Å². The average Bonchev–Trinajstić information content (AvgIpc) is 2.71. The van der Waals surface area contributed by atoms with Crippen molar-refractivity contribution >= 4 is 0 Å². The molecule has 1 aromatic carbocycles. The van der Waals surface area contributed by atoms with Gasteiger partial charge in [0.05, 0.1) is 0 Å². The van der Waals surface area contributed by atoms with Gasteiger partial charge >= 0.3 is 0 Å². The van der Waals surface area contributed by atoms with Gasteiger partial charge in [0.1, 0.15) is 0 Å². The highest BCUT2D eigenvalue weighted by molar-refractivity contribution is 5.54. The van der Waals surface area contributed by atoms with E-state index in [0.717, 1.165) is 11.1 Å². The first-order chi connectivity index (χ1) is 6.90. The van der Waals surface area contributed by atoms with E-state index in [1.807, 2.05) is 24.3 Å². The number of nitrogens with one attached hydrogen (secondary N) is 1. The number of benzene rings is 1. The van der Waals surface area contributed by atoms with Crippen LogP contribution in [0.5, 0.6) is 0 Å². The Morgan fingerprint density at radius 1 is 1.43 bits per heavy atom. The Bertz CT molecular complexity index is 454. The van der Waals surface area contributed by atoms with Crippen molar-refractivity contribution in [3.63, 3.8) is 0 Å². The molecule has 0 fully saturated rings. The van der Waals surface area contributed by atoms with Crippen LogP contribution in [0.4, 0.5) is 0 Å². The van der Waals surface area contributed by atoms with Crippen LogP contribution >= 0.6 is 0 Å². The van der Waals surface area contributed by atoms with E-state index < -0.39 is 0 Å². The average molecular weight is 185 g/mol. The lowest BCUT2D eigenvalue weighted by Gasteiger charge is -1.95. The normalized spacial score (nSPS) is 9.64. The number of rotatable bonds is 2. The minimum atomic E-state index is 0.381. The quantitative estimate of drug-likeness (QED) is 0.717. The molecule has 0 bridgehead atoms. The molecule has 0 aliphatic rings. The van der Waals surface area contributed by atoms with E-state index in [2.05, 4.69) is 25.5 Å². The molecule has 0 aliphatic carbocycles. The van der Waals surface area contributed by atoms with Crippen LogP contribution in [0, 0.1) is 6.57 Å². The molecular weight excluding hydrogens is 178 g/mol. The van der Waals surface area contributed by atoms with E-state index in [0.29, 0.717) is 12.4 Å². The summed E-state index contributed by atoms with van der Waals surface area (Å²) in [6.07, 6.45) is 0. The van der Waals surface area contributed by atoms with Crippen molar-refractivity contribution in [2.75, 3.05) is 0 Å². The highest BCUT2D eigenvalue weighted by Crippen LogP contribution is 2.15. The van der Waals surface area contributed by atoms with E-state index in [1.54, 1.807) is 0 Å². The fourth-order valence-electron chi connectivity index (χ4n) is 1.18. The molecule has 5 nitrogen and oxygen atoms in total. The summed E-state index contributed by atoms with van der Waals surface area (Å²) >= 11 is 0. The first kappa shape index (κ1) is 8.38. The van der Waals surface area contributed by atoms with Crippen molar-refractivity contribution in [2.45, 2.75) is 6.54 Å². The van der Waals surface area contributed by atoms with Crippen molar-refractivity contribution in [2.24, 2.45) is 0 Å². The van der Waals surface area contributed by atoms with E-state index in [4.69, 9.17) is 6.57 Å². The Morgan fingerprint density at radius 2 is 2.36 bits per heavy atom. The van der Waals surface area contributed by atoms with Gasteiger partial charge in [0.25, 0.3) is 0 Å². The van der Waals surface area contributed by atoms with Crippen molar-refractivity contribution in [3.05, 3.63) is 41.2 Å². The van der Waals surface area contributed by atoms with Gasteiger partial charge in [-0.05, 0) is 11.3 Å².